The predicted octanol–water partition coefficient (Wildman–Crippen LogP) is 3.30. The van der Waals surface area contributed by atoms with Gasteiger partial charge in [-0.05, 0) is 30.9 Å². The third-order valence-corrected chi connectivity index (χ3v) is 3.88. The fourth-order valence-electron chi connectivity index (χ4n) is 2.30. The number of ether oxygens (including phenoxy) is 1. The second kappa shape index (κ2) is 9.92. The number of para-hydroxylation sites is 1. The number of rotatable bonds is 7. The molecule has 1 aliphatic carbocycles. The molecule has 0 saturated heterocycles. The van der Waals surface area contributed by atoms with Crippen molar-refractivity contribution in [2.45, 2.75) is 26.2 Å². The maximum absolute atomic E-state index is 5.83. The van der Waals surface area contributed by atoms with Gasteiger partial charge >= 0.3 is 0 Å². The summed E-state index contributed by atoms with van der Waals surface area (Å²) in [6.07, 6.45) is 4.06. The lowest BCUT2D eigenvalue weighted by Crippen LogP contribution is -2.41. The van der Waals surface area contributed by atoms with Gasteiger partial charge in [-0.3, -0.25) is 4.99 Å². The highest BCUT2D eigenvalue weighted by molar-refractivity contribution is 14.0. The highest BCUT2D eigenvalue weighted by atomic mass is 127. The van der Waals surface area contributed by atoms with Crippen LogP contribution in [0.15, 0.2) is 29.3 Å². The number of guanidine groups is 1. The summed E-state index contributed by atoms with van der Waals surface area (Å²) in [5.74, 6) is 2.86. The van der Waals surface area contributed by atoms with Crippen molar-refractivity contribution >= 4 is 29.9 Å². The first kappa shape index (κ1) is 19.1. The molecule has 0 radical (unpaired) electrons. The standard InChI is InChI=1S/C17H27N3O.HI/c1-14-6-4-5-7-16(14)21-13-12-20(3)17(18-2)19-11-10-15-8-9-15;/h4-7,15H,8-13H2,1-3H3,(H,18,19);1H. The fourth-order valence-corrected chi connectivity index (χ4v) is 2.30. The monoisotopic (exact) mass is 417 g/mol. The fraction of sp³-hybridized carbons (Fsp3) is 0.588. The second-order valence-corrected chi connectivity index (χ2v) is 5.74. The molecular formula is C17H28IN3O. The highest BCUT2D eigenvalue weighted by Crippen LogP contribution is 2.31. The van der Waals surface area contributed by atoms with Gasteiger partial charge in [0.05, 0.1) is 6.54 Å². The summed E-state index contributed by atoms with van der Waals surface area (Å²) in [5, 5.41) is 3.42. The van der Waals surface area contributed by atoms with Crippen LogP contribution in [-0.2, 0) is 0 Å². The number of benzene rings is 1. The van der Waals surface area contributed by atoms with E-state index < -0.39 is 0 Å². The van der Waals surface area contributed by atoms with Gasteiger partial charge in [0.1, 0.15) is 12.4 Å². The number of hydrogen-bond acceptors (Lipinski definition) is 2. The zero-order valence-electron chi connectivity index (χ0n) is 13.8. The van der Waals surface area contributed by atoms with Crippen LogP contribution in [0.4, 0.5) is 0 Å². The van der Waals surface area contributed by atoms with E-state index in [0.29, 0.717) is 6.61 Å². The van der Waals surface area contributed by atoms with E-state index >= 15 is 0 Å². The van der Waals surface area contributed by atoms with E-state index in [1.807, 2.05) is 32.3 Å². The molecule has 1 aliphatic rings. The molecule has 1 aromatic carbocycles. The summed E-state index contributed by atoms with van der Waals surface area (Å²) in [7, 11) is 3.88. The molecule has 0 heterocycles. The van der Waals surface area contributed by atoms with Crippen molar-refractivity contribution in [1.29, 1.82) is 0 Å². The van der Waals surface area contributed by atoms with E-state index in [0.717, 1.165) is 30.7 Å². The van der Waals surface area contributed by atoms with Crippen LogP contribution < -0.4 is 10.1 Å². The molecule has 0 bridgehead atoms. The smallest absolute Gasteiger partial charge is 0.193 e. The van der Waals surface area contributed by atoms with Gasteiger partial charge in [0.15, 0.2) is 5.96 Å². The Hall–Kier alpha value is -0.980. The summed E-state index contributed by atoms with van der Waals surface area (Å²) < 4.78 is 5.83. The van der Waals surface area contributed by atoms with Crippen molar-refractivity contribution in [3.8, 4) is 5.75 Å². The van der Waals surface area contributed by atoms with E-state index in [-0.39, 0.29) is 24.0 Å². The molecule has 0 amide bonds. The van der Waals surface area contributed by atoms with Crippen LogP contribution in [0.25, 0.3) is 0 Å². The average molecular weight is 417 g/mol. The van der Waals surface area contributed by atoms with E-state index in [1.165, 1.54) is 24.8 Å². The number of likely N-dealkylation sites (N-methyl/N-ethyl adjacent to an activating group) is 1. The lowest BCUT2D eigenvalue weighted by Gasteiger charge is -2.22. The average Bonchev–Trinajstić information content (AvgIpc) is 3.30. The summed E-state index contributed by atoms with van der Waals surface area (Å²) in [5.41, 5.74) is 1.17. The number of aliphatic imine (C=N–C) groups is 1. The maximum Gasteiger partial charge on any atom is 0.193 e. The molecular weight excluding hydrogens is 389 g/mol. The van der Waals surface area contributed by atoms with Gasteiger partial charge in [0.2, 0.25) is 0 Å². The zero-order chi connectivity index (χ0) is 15.1. The normalized spacial score (nSPS) is 14.2. The Bertz CT molecular complexity index is 475. The van der Waals surface area contributed by atoms with Crippen LogP contribution in [0.1, 0.15) is 24.8 Å². The van der Waals surface area contributed by atoms with Gasteiger partial charge in [0, 0.05) is 20.6 Å². The number of aryl methyl sites for hydroxylation is 1. The first-order chi connectivity index (χ1) is 10.2. The van der Waals surface area contributed by atoms with Gasteiger partial charge in [-0.1, -0.05) is 31.0 Å². The molecule has 0 unspecified atom stereocenters. The molecule has 1 saturated carbocycles. The Labute approximate surface area is 151 Å². The Morgan fingerprint density at radius 2 is 2.09 bits per heavy atom. The van der Waals surface area contributed by atoms with Gasteiger partial charge in [-0.2, -0.15) is 0 Å². The first-order valence-corrected chi connectivity index (χ1v) is 7.81. The topological polar surface area (TPSA) is 36.9 Å². The van der Waals surface area contributed by atoms with Gasteiger partial charge < -0.3 is 15.0 Å². The predicted molar refractivity (Wildman–Crippen MR) is 103 cm³/mol. The highest BCUT2D eigenvalue weighted by Gasteiger charge is 2.20. The molecule has 1 aromatic rings. The van der Waals surface area contributed by atoms with Crippen LogP contribution in [0.2, 0.25) is 0 Å². The van der Waals surface area contributed by atoms with Crippen molar-refractivity contribution in [3.05, 3.63) is 29.8 Å². The van der Waals surface area contributed by atoms with E-state index in [2.05, 4.69) is 28.2 Å². The molecule has 0 aromatic heterocycles. The second-order valence-electron chi connectivity index (χ2n) is 5.74. The lowest BCUT2D eigenvalue weighted by molar-refractivity contribution is 0.280. The van der Waals surface area contributed by atoms with Crippen LogP contribution >= 0.6 is 24.0 Å². The van der Waals surface area contributed by atoms with E-state index in [9.17, 15) is 0 Å². The molecule has 0 atom stereocenters. The molecule has 1 fully saturated rings. The Kier molecular flexibility index (Phi) is 8.60. The van der Waals surface area contributed by atoms with Crippen molar-refractivity contribution < 1.29 is 4.74 Å². The van der Waals surface area contributed by atoms with Crippen LogP contribution in [0.3, 0.4) is 0 Å². The van der Waals surface area contributed by atoms with Crippen molar-refractivity contribution in [2.75, 3.05) is 33.8 Å². The maximum atomic E-state index is 5.83. The van der Waals surface area contributed by atoms with Crippen molar-refractivity contribution in [2.24, 2.45) is 10.9 Å². The Morgan fingerprint density at radius 1 is 1.36 bits per heavy atom. The number of halogens is 1. The molecule has 2 rings (SSSR count). The zero-order valence-corrected chi connectivity index (χ0v) is 16.2. The molecule has 22 heavy (non-hydrogen) atoms. The lowest BCUT2D eigenvalue weighted by atomic mass is 10.2. The summed E-state index contributed by atoms with van der Waals surface area (Å²) >= 11 is 0. The number of nitrogens with one attached hydrogen (secondary N) is 1. The molecule has 1 N–H and O–H groups in total. The van der Waals surface area contributed by atoms with Crippen molar-refractivity contribution in [3.63, 3.8) is 0 Å². The third-order valence-electron chi connectivity index (χ3n) is 3.88. The summed E-state index contributed by atoms with van der Waals surface area (Å²) in [4.78, 5) is 6.44. The molecule has 0 spiro atoms. The Morgan fingerprint density at radius 3 is 2.73 bits per heavy atom. The number of hydrogen-bond donors (Lipinski definition) is 1. The molecule has 5 heteroatoms. The molecule has 124 valence electrons. The largest absolute Gasteiger partial charge is 0.491 e. The molecule has 4 nitrogen and oxygen atoms in total. The van der Waals surface area contributed by atoms with Crippen LogP contribution in [0.5, 0.6) is 5.75 Å². The van der Waals surface area contributed by atoms with Gasteiger partial charge in [-0.15, -0.1) is 24.0 Å². The van der Waals surface area contributed by atoms with Gasteiger partial charge in [-0.25, -0.2) is 0 Å². The Balaban J connectivity index is 0.00000242. The van der Waals surface area contributed by atoms with E-state index in [1.54, 1.807) is 0 Å². The minimum absolute atomic E-state index is 0. The minimum atomic E-state index is 0. The summed E-state index contributed by atoms with van der Waals surface area (Å²) in [6, 6.07) is 8.11. The van der Waals surface area contributed by atoms with E-state index in [4.69, 9.17) is 4.74 Å². The quantitative estimate of drug-likeness (QED) is 0.420. The molecule has 0 aliphatic heterocycles. The summed E-state index contributed by atoms with van der Waals surface area (Å²) in [6.45, 7) is 4.56. The van der Waals surface area contributed by atoms with Crippen LogP contribution in [0, 0.1) is 12.8 Å². The van der Waals surface area contributed by atoms with Crippen molar-refractivity contribution in [1.82, 2.24) is 10.2 Å². The minimum Gasteiger partial charge on any atom is -0.491 e. The third kappa shape index (κ3) is 6.42. The number of nitrogens with zero attached hydrogens (tertiary/aromatic N) is 2. The first-order valence-electron chi connectivity index (χ1n) is 7.81. The van der Waals surface area contributed by atoms with Crippen LogP contribution in [-0.4, -0.2) is 44.7 Å². The SMILES string of the molecule is CN=C(NCCC1CC1)N(C)CCOc1ccccc1C.I. The van der Waals surface area contributed by atoms with Gasteiger partial charge in [0.25, 0.3) is 0 Å².